The van der Waals surface area contributed by atoms with E-state index in [9.17, 15) is 4.79 Å². The molecule has 0 saturated heterocycles. The molecule has 19 heavy (non-hydrogen) atoms. The number of methoxy groups -OCH3 is 1. The van der Waals surface area contributed by atoms with Crippen molar-refractivity contribution in [3.8, 4) is 0 Å². The van der Waals surface area contributed by atoms with Crippen LogP contribution in [-0.4, -0.2) is 18.0 Å². The molecule has 98 valence electrons. The van der Waals surface area contributed by atoms with Crippen molar-refractivity contribution >= 4 is 27.7 Å². The van der Waals surface area contributed by atoms with E-state index in [1.54, 1.807) is 31.5 Å². The van der Waals surface area contributed by atoms with Crippen molar-refractivity contribution < 1.29 is 9.53 Å². The Kier molecular flexibility index (Phi) is 4.65. The van der Waals surface area contributed by atoms with Crippen molar-refractivity contribution in [3.63, 3.8) is 0 Å². The van der Waals surface area contributed by atoms with Gasteiger partial charge in [0.25, 0.3) is 5.91 Å². The Hall–Kier alpha value is -1.72. The van der Waals surface area contributed by atoms with Gasteiger partial charge in [0, 0.05) is 23.3 Å². The average Bonchev–Trinajstić information content (AvgIpc) is 2.42. The zero-order chi connectivity index (χ0) is 13.7. The Bertz CT molecular complexity index is 553. The molecule has 1 N–H and O–H groups in total. The first-order chi connectivity index (χ1) is 9.19. The van der Waals surface area contributed by atoms with E-state index in [2.05, 4.69) is 26.2 Å². The Morgan fingerprint density at radius 1 is 1.26 bits per heavy atom. The number of carbonyl (C=O) groups excluding carboxylic acids is 1. The maximum atomic E-state index is 12.0. The number of amides is 1. The standard InChI is InChI=1S/C14H13BrN2O2/c1-19-9-10-2-4-11(5-3-10)14(18)17-13-7-6-12(15)8-16-13/h2-8H,9H2,1H3,(H,16,17,18). The molecule has 0 bridgehead atoms. The summed E-state index contributed by atoms with van der Waals surface area (Å²) < 4.78 is 5.89. The van der Waals surface area contributed by atoms with Crippen molar-refractivity contribution in [3.05, 3.63) is 58.2 Å². The Labute approximate surface area is 119 Å². The number of halogens is 1. The van der Waals surface area contributed by atoms with Crippen LogP contribution in [0.25, 0.3) is 0 Å². The second kappa shape index (κ2) is 6.45. The fourth-order valence-corrected chi connectivity index (χ4v) is 1.79. The quantitative estimate of drug-likeness (QED) is 0.940. The number of benzene rings is 1. The number of carbonyl (C=O) groups is 1. The average molecular weight is 321 g/mol. The summed E-state index contributed by atoms with van der Waals surface area (Å²) in [4.78, 5) is 16.1. The van der Waals surface area contributed by atoms with Gasteiger partial charge in [-0.3, -0.25) is 4.79 Å². The first kappa shape index (κ1) is 13.7. The second-order valence-corrected chi connectivity index (χ2v) is 4.86. The van der Waals surface area contributed by atoms with Gasteiger partial charge in [-0.05, 0) is 45.8 Å². The van der Waals surface area contributed by atoms with Gasteiger partial charge in [0.05, 0.1) is 6.61 Å². The van der Waals surface area contributed by atoms with Crippen molar-refractivity contribution in [2.24, 2.45) is 0 Å². The van der Waals surface area contributed by atoms with Crippen LogP contribution in [0.1, 0.15) is 15.9 Å². The van der Waals surface area contributed by atoms with E-state index in [4.69, 9.17) is 4.74 Å². The van der Waals surface area contributed by atoms with E-state index < -0.39 is 0 Å². The highest BCUT2D eigenvalue weighted by Gasteiger charge is 2.06. The molecular formula is C14H13BrN2O2. The maximum Gasteiger partial charge on any atom is 0.256 e. The van der Waals surface area contributed by atoms with Gasteiger partial charge in [0.2, 0.25) is 0 Å². The fraction of sp³-hybridized carbons (Fsp3) is 0.143. The highest BCUT2D eigenvalue weighted by atomic mass is 79.9. The molecule has 1 heterocycles. The summed E-state index contributed by atoms with van der Waals surface area (Å²) in [7, 11) is 1.64. The number of hydrogen-bond acceptors (Lipinski definition) is 3. The lowest BCUT2D eigenvalue weighted by Crippen LogP contribution is -2.12. The Morgan fingerprint density at radius 2 is 2.00 bits per heavy atom. The minimum Gasteiger partial charge on any atom is -0.380 e. The van der Waals surface area contributed by atoms with Crippen LogP contribution in [0.4, 0.5) is 5.82 Å². The van der Waals surface area contributed by atoms with Gasteiger partial charge in [0.15, 0.2) is 0 Å². The summed E-state index contributed by atoms with van der Waals surface area (Å²) in [5, 5.41) is 2.73. The normalized spacial score (nSPS) is 10.2. The number of nitrogens with zero attached hydrogens (tertiary/aromatic N) is 1. The van der Waals surface area contributed by atoms with Gasteiger partial charge < -0.3 is 10.1 Å². The van der Waals surface area contributed by atoms with Gasteiger partial charge >= 0.3 is 0 Å². The molecule has 2 rings (SSSR count). The third-order valence-corrected chi connectivity index (χ3v) is 2.97. The van der Waals surface area contributed by atoms with Gasteiger partial charge in [0.1, 0.15) is 5.82 Å². The predicted octanol–water partition coefficient (Wildman–Crippen LogP) is 3.24. The highest BCUT2D eigenvalue weighted by Crippen LogP contribution is 2.12. The van der Waals surface area contributed by atoms with Crippen LogP contribution >= 0.6 is 15.9 Å². The van der Waals surface area contributed by atoms with Crippen molar-refractivity contribution in [1.29, 1.82) is 0 Å². The Morgan fingerprint density at radius 3 is 2.58 bits per heavy atom. The van der Waals surface area contributed by atoms with Crippen LogP contribution in [0.15, 0.2) is 47.1 Å². The zero-order valence-electron chi connectivity index (χ0n) is 10.4. The summed E-state index contributed by atoms with van der Waals surface area (Å²) in [6.07, 6.45) is 1.64. The molecule has 4 nitrogen and oxygen atoms in total. The number of anilines is 1. The van der Waals surface area contributed by atoms with Gasteiger partial charge in [-0.25, -0.2) is 4.98 Å². The summed E-state index contributed by atoms with van der Waals surface area (Å²) in [5.74, 6) is 0.341. The van der Waals surface area contributed by atoms with E-state index in [1.165, 1.54) is 0 Å². The molecule has 1 aromatic heterocycles. The number of nitrogens with one attached hydrogen (secondary N) is 1. The van der Waals surface area contributed by atoms with Crippen LogP contribution in [0.2, 0.25) is 0 Å². The van der Waals surface area contributed by atoms with E-state index in [1.807, 2.05) is 18.2 Å². The Balaban J connectivity index is 2.05. The van der Waals surface area contributed by atoms with Gasteiger partial charge in [-0.2, -0.15) is 0 Å². The number of aromatic nitrogens is 1. The highest BCUT2D eigenvalue weighted by molar-refractivity contribution is 9.10. The lowest BCUT2D eigenvalue weighted by Gasteiger charge is -2.05. The number of hydrogen-bond donors (Lipinski definition) is 1. The topological polar surface area (TPSA) is 51.2 Å². The molecule has 1 amide bonds. The van der Waals surface area contributed by atoms with E-state index >= 15 is 0 Å². The van der Waals surface area contributed by atoms with Gasteiger partial charge in [-0.1, -0.05) is 12.1 Å². The number of pyridine rings is 1. The largest absolute Gasteiger partial charge is 0.380 e. The molecule has 1 aromatic carbocycles. The van der Waals surface area contributed by atoms with Crippen LogP contribution in [-0.2, 0) is 11.3 Å². The van der Waals surface area contributed by atoms with E-state index in [0.717, 1.165) is 10.0 Å². The van der Waals surface area contributed by atoms with Gasteiger partial charge in [-0.15, -0.1) is 0 Å². The first-order valence-corrected chi connectivity index (χ1v) is 6.49. The lowest BCUT2D eigenvalue weighted by molar-refractivity contribution is 0.102. The van der Waals surface area contributed by atoms with E-state index in [0.29, 0.717) is 18.0 Å². The van der Waals surface area contributed by atoms with Crippen LogP contribution in [0, 0.1) is 0 Å². The van der Waals surface area contributed by atoms with Crippen molar-refractivity contribution in [1.82, 2.24) is 4.98 Å². The van der Waals surface area contributed by atoms with Crippen molar-refractivity contribution in [2.75, 3.05) is 12.4 Å². The van der Waals surface area contributed by atoms with Crippen LogP contribution in [0.3, 0.4) is 0 Å². The molecule has 0 radical (unpaired) electrons. The summed E-state index contributed by atoms with van der Waals surface area (Å²) in [5.41, 5.74) is 1.62. The van der Waals surface area contributed by atoms with Crippen LogP contribution < -0.4 is 5.32 Å². The lowest BCUT2D eigenvalue weighted by atomic mass is 10.1. The maximum absolute atomic E-state index is 12.0. The molecular weight excluding hydrogens is 308 g/mol. The molecule has 0 aliphatic carbocycles. The summed E-state index contributed by atoms with van der Waals surface area (Å²) in [6.45, 7) is 0.538. The minimum absolute atomic E-state index is 0.182. The SMILES string of the molecule is COCc1ccc(C(=O)Nc2ccc(Br)cn2)cc1. The molecule has 0 unspecified atom stereocenters. The summed E-state index contributed by atoms with van der Waals surface area (Å²) in [6, 6.07) is 10.8. The smallest absolute Gasteiger partial charge is 0.256 e. The molecule has 0 saturated carbocycles. The number of ether oxygens (including phenoxy) is 1. The molecule has 0 spiro atoms. The summed E-state index contributed by atoms with van der Waals surface area (Å²) >= 11 is 3.29. The number of rotatable bonds is 4. The predicted molar refractivity (Wildman–Crippen MR) is 77.0 cm³/mol. The van der Waals surface area contributed by atoms with Crippen molar-refractivity contribution in [2.45, 2.75) is 6.61 Å². The molecule has 0 fully saturated rings. The monoisotopic (exact) mass is 320 g/mol. The molecule has 2 aromatic rings. The zero-order valence-corrected chi connectivity index (χ0v) is 12.0. The third kappa shape index (κ3) is 3.87. The van der Waals surface area contributed by atoms with E-state index in [-0.39, 0.29) is 5.91 Å². The van der Waals surface area contributed by atoms with Crippen LogP contribution in [0.5, 0.6) is 0 Å². The minimum atomic E-state index is -0.182. The molecule has 0 atom stereocenters. The third-order valence-electron chi connectivity index (χ3n) is 2.50. The fourth-order valence-electron chi connectivity index (χ4n) is 1.56. The molecule has 0 aliphatic rings. The molecule has 0 aliphatic heterocycles. The first-order valence-electron chi connectivity index (χ1n) is 5.70. The molecule has 5 heteroatoms. The second-order valence-electron chi connectivity index (χ2n) is 3.95.